The van der Waals surface area contributed by atoms with Gasteiger partial charge in [-0.05, 0) is 59.0 Å². The van der Waals surface area contributed by atoms with Crippen LogP contribution in [0.15, 0.2) is 60.7 Å². The molecule has 166 valence electrons. The molecule has 0 aliphatic carbocycles. The Morgan fingerprint density at radius 1 is 0.969 bits per heavy atom. The minimum atomic E-state index is -1.11. The van der Waals surface area contributed by atoms with Crippen molar-refractivity contribution in [1.29, 1.82) is 0 Å². The Balaban J connectivity index is 1.91. The molecule has 0 heterocycles. The number of rotatable bonds is 8. The van der Waals surface area contributed by atoms with Gasteiger partial charge in [0.1, 0.15) is 6.04 Å². The molecule has 1 atom stereocenters. The summed E-state index contributed by atoms with van der Waals surface area (Å²) in [5, 5.41) is 20.6. The Labute approximate surface area is 185 Å². The van der Waals surface area contributed by atoms with Gasteiger partial charge in [0.2, 0.25) is 0 Å². The number of aromatic carboxylic acids is 1. The normalized spacial score (nSPS) is 11.7. The summed E-state index contributed by atoms with van der Waals surface area (Å²) in [6.45, 7) is 3.63. The SMILES string of the molecule is CCCOC(=O)N(Cc1ccc2cc(-c3ccccc3C(=O)O)ccc2c1)[C@@H](C)C(=O)O. The van der Waals surface area contributed by atoms with Gasteiger partial charge in [0.25, 0.3) is 0 Å². The van der Waals surface area contributed by atoms with E-state index in [-0.39, 0.29) is 18.7 Å². The Morgan fingerprint density at radius 3 is 2.34 bits per heavy atom. The van der Waals surface area contributed by atoms with Gasteiger partial charge in [0.15, 0.2) is 0 Å². The third kappa shape index (κ3) is 5.06. The fraction of sp³-hybridized carbons (Fsp3) is 0.240. The number of amides is 1. The molecule has 0 aliphatic heterocycles. The maximum Gasteiger partial charge on any atom is 0.410 e. The molecule has 0 unspecified atom stereocenters. The first-order chi connectivity index (χ1) is 15.3. The number of fused-ring (bicyclic) bond motifs is 1. The van der Waals surface area contributed by atoms with E-state index >= 15 is 0 Å². The minimum absolute atomic E-state index is 0.0928. The summed E-state index contributed by atoms with van der Waals surface area (Å²) in [6.07, 6.45) is -0.0212. The van der Waals surface area contributed by atoms with Crippen LogP contribution in [-0.4, -0.2) is 45.8 Å². The number of nitrogens with zero attached hydrogens (tertiary/aromatic N) is 1. The molecule has 1 amide bonds. The molecule has 0 radical (unpaired) electrons. The van der Waals surface area contributed by atoms with Crippen molar-refractivity contribution in [2.45, 2.75) is 32.9 Å². The van der Waals surface area contributed by atoms with Gasteiger partial charge in [0, 0.05) is 6.54 Å². The van der Waals surface area contributed by atoms with E-state index in [1.165, 1.54) is 11.8 Å². The Hall–Kier alpha value is -3.87. The van der Waals surface area contributed by atoms with E-state index in [1.54, 1.807) is 24.3 Å². The smallest absolute Gasteiger partial charge is 0.410 e. The molecule has 3 rings (SSSR count). The van der Waals surface area contributed by atoms with Crippen molar-refractivity contribution in [3.8, 4) is 11.1 Å². The molecule has 32 heavy (non-hydrogen) atoms. The molecule has 0 aliphatic rings. The van der Waals surface area contributed by atoms with Gasteiger partial charge in [-0.15, -0.1) is 0 Å². The Kier molecular flexibility index (Phi) is 7.10. The van der Waals surface area contributed by atoms with E-state index in [9.17, 15) is 24.6 Å². The quantitative estimate of drug-likeness (QED) is 0.514. The Bertz CT molecular complexity index is 1160. The summed E-state index contributed by atoms with van der Waals surface area (Å²) in [7, 11) is 0. The molecule has 3 aromatic carbocycles. The standard InChI is InChI=1S/C25H25NO6/c1-3-12-32-25(31)26(16(2)23(27)28)15-17-8-9-19-14-20(11-10-18(19)13-17)21-6-4-5-7-22(21)24(29)30/h4-11,13-14,16H,3,12,15H2,1-2H3,(H,27,28)(H,29,30)/t16-/m0/s1. The lowest BCUT2D eigenvalue weighted by atomic mass is 9.96. The van der Waals surface area contributed by atoms with Crippen molar-refractivity contribution in [2.24, 2.45) is 0 Å². The zero-order valence-corrected chi connectivity index (χ0v) is 17.9. The molecule has 0 fully saturated rings. The minimum Gasteiger partial charge on any atom is -0.480 e. The van der Waals surface area contributed by atoms with E-state index in [1.807, 2.05) is 43.3 Å². The first-order valence-corrected chi connectivity index (χ1v) is 10.3. The van der Waals surface area contributed by atoms with Crippen LogP contribution in [0.25, 0.3) is 21.9 Å². The number of benzene rings is 3. The van der Waals surface area contributed by atoms with E-state index < -0.39 is 24.1 Å². The molecular weight excluding hydrogens is 410 g/mol. The summed E-state index contributed by atoms with van der Waals surface area (Å²) in [6, 6.07) is 17.0. The predicted molar refractivity (Wildman–Crippen MR) is 121 cm³/mol. The maximum atomic E-state index is 12.4. The van der Waals surface area contributed by atoms with Crippen LogP contribution in [0.5, 0.6) is 0 Å². The second-order valence-corrected chi connectivity index (χ2v) is 7.50. The topological polar surface area (TPSA) is 104 Å². The van der Waals surface area contributed by atoms with Gasteiger partial charge in [-0.2, -0.15) is 0 Å². The number of carbonyl (C=O) groups excluding carboxylic acids is 1. The van der Waals surface area contributed by atoms with Crippen molar-refractivity contribution in [3.63, 3.8) is 0 Å². The lowest BCUT2D eigenvalue weighted by Gasteiger charge is -2.26. The van der Waals surface area contributed by atoms with E-state index in [0.29, 0.717) is 12.0 Å². The highest BCUT2D eigenvalue weighted by molar-refractivity contribution is 5.98. The fourth-order valence-corrected chi connectivity index (χ4v) is 3.44. The zero-order chi connectivity index (χ0) is 23.3. The summed E-state index contributed by atoms with van der Waals surface area (Å²) in [5.74, 6) is -2.10. The number of aliphatic carboxylic acids is 1. The van der Waals surface area contributed by atoms with E-state index in [0.717, 1.165) is 21.9 Å². The van der Waals surface area contributed by atoms with Crippen LogP contribution in [0, 0.1) is 0 Å². The van der Waals surface area contributed by atoms with Gasteiger partial charge < -0.3 is 14.9 Å². The third-order valence-electron chi connectivity index (χ3n) is 5.22. The molecule has 0 bridgehead atoms. The van der Waals surface area contributed by atoms with Crippen molar-refractivity contribution in [1.82, 2.24) is 4.90 Å². The maximum absolute atomic E-state index is 12.4. The fourth-order valence-electron chi connectivity index (χ4n) is 3.44. The lowest BCUT2D eigenvalue weighted by Crippen LogP contribution is -2.43. The van der Waals surface area contributed by atoms with Gasteiger partial charge in [-0.1, -0.05) is 49.4 Å². The third-order valence-corrected chi connectivity index (χ3v) is 5.22. The molecular formula is C25H25NO6. The van der Waals surface area contributed by atoms with Gasteiger partial charge in [-0.3, -0.25) is 4.90 Å². The van der Waals surface area contributed by atoms with Crippen LogP contribution < -0.4 is 0 Å². The molecule has 7 heteroatoms. The summed E-state index contributed by atoms with van der Waals surface area (Å²) in [5.41, 5.74) is 2.41. The number of ether oxygens (including phenoxy) is 1. The van der Waals surface area contributed by atoms with Crippen LogP contribution in [-0.2, 0) is 16.1 Å². The monoisotopic (exact) mass is 435 g/mol. The van der Waals surface area contributed by atoms with Crippen molar-refractivity contribution in [2.75, 3.05) is 6.61 Å². The average molecular weight is 435 g/mol. The average Bonchev–Trinajstić information content (AvgIpc) is 2.80. The van der Waals surface area contributed by atoms with Crippen LogP contribution in [0.2, 0.25) is 0 Å². The highest BCUT2D eigenvalue weighted by Crippen LogP contribution is 2.28. The largest absolute Gasteiger partial charge is 0.480 e. The molecule has 7 nitrogen and oxygen atoms in total. The van der Waals surface area contributed by atoms with Crippen molar-refractivity contribution < 1.29 is 29.3 Å². The summed E-state index contributed by atoms with van der Waals surface area (Å²) < 4.78 is 5.16. The number of hydrogen-bond donors (Lipinski definition) is 2. The predicted octanol–water partition coefficient (Wildman–Crippen LogP) is 5.03. The molecule has 0 saturated carbocycles. The van der Waals surface area contributed by atoms with E-state index in [2.05, 4.69) is 0 Å². The number of carboxylic acids is 2. The number of carbonyl (C=O) groups is 3. The van der Waals surface area contributed by atoms with Crippen molar-refractivity contribution >= 4 is 28.8 Å². The van der Waals surface area contributed by atoms with Crippen LogP contribution in [0.4, 0.5) is 4.79 Å². The number of carboxylic acid groups (broad SMARTS) is 2. The molecule has 3 aromatic rings. The van der Waals surface area contributed by atoms with Gasteiger partial charge >= 0.3 is 18.0 Å². The highest BCUT2D eigenvalue weighted by atomic mass is 16.6. The molecule has 2 N–H and O–H groups in total. The number of hydrogen-bond acceptors (Lipinski definition) is 4. The molecule has 0 spiro atoms. The van der Waals surface area contributed by atoms with Crippen LogP contribution in [0.1, 0.15) is 36.2 Å². The zero-order valence-electron chi connectivity index (χ0n) is 17.9. The van der Waals surface area contributed by atoms with Crippen molar-refractivity contribution in [3.05, 3.63) is 71.8 Å². The second kappa shape index (κ2) is 9.96. The highest BCUT2D eigenvalue weighted by Gasteiger charge is 2.27. The second-order valence-electron chi connectivity index (χ2n) is 7.50. The summed E-state index contributed by atoms with van der Waals surface area (Å²) in [4.78, 5) is 36.6. The van der Waals surface area contributed by atoms with Gasteiger partial charge in [-0.25, -0.2) is 14.4 Å². The molecule has 0 aromatic heterocycles. The van der Waals surface area contributed by atoms with Crippen LogP contribution in [0.3, 0.4) is 0 Å². The van der Waals surface area contributed by atoms with Gasteiger partial charge in [0.05, 0.1) is 12.2 Å². The van der Waals surface area contributed by atoms with Crippen LogP contribution >= 0.6 is 0 Å². The Morgan fingerprint density at radius 2 is 1.66 bits per heavy atom. The first kappa shape index (κ1) is 22.8. The summed E-state index contributed by atoms with van der Waals surface area (Å²) >= 11 is 0. The molecule has 0 saturated heterocycles. The first-order valence-electron chi connectivity index (χ1n) is 10.3. The lowest BCUT2D eigenvalue weighted by molar-refractivity contribution is -0.142. The van der Waals surface area contributed by atoms with E-state index in [4.69, 9.17) is 4.74 Å².